The van der Waals surface area contributed by atoms with Crippen LogP contribution >= 0.6 is 0 Å². The number of hydrogen-bond donors (Lipinski definition) is 1. The second kappa shape index (κ2) is 11.2. The van der Waals surface area contributed by atoms with Gasteiger partial charge in [-0.25, -0.2) is 18.4 Å². The lowest BCUT2D eigenvalue weighted by Gasteiger charge is -2.23. The third-order valence-corrected chi connectivity index (χ3v) is 10.6. The Kier molecular flexibility index (Phi) is 7.50. The second-order valence-corrected chi connectivity index (χ2v) is 15.3. The maximum atomic E-state index is 13.9. The van der Waals surface area contributed by atoms with Crippen molar-refractivity contribution in [1.29, 1.82) is 0 Å². The number of fused-ring (bicyclic) bond motifs is 4. The summed E-state index contributed by atoms with van der Waals surface area (Å²) in [6.45, 7) is 1.52. The molecule has 7 rings (SSSR count). The molecule has 3 aliphatic rings. The Morgan fingerprint density at radius 3 is 2.48 bits per heavy atom. The smallest absolute Gasteiger partial charge is 0.329 e. The van der Waals surface area contributed by atoms with E-state index in [1.807, 2.05) is 19.9 Å². The first-order chi connectivity index (χ1) is 21.8. The van der Waals surface area contributed by atoms with Gasteiger partial charge in [-0.2, -0.15) is 13.1 Å². The number of nitrogens with zero attached hydrogens (tertiary/aromatic N) is 6. The maximum absolute atomic E-state index is 13.9. The number of alkyl halides is 2. The summed E-state index contributed by atoms with van der Waals surface area (Å²) in [6, 6.07) is 8.58. The van der Waals surface area contributed by atoms with Crippen molar-refractivity contribution >= 4 is 38.4 Å². The summed E-state index contributed by atoms with van der Waals surface area (Å²) in [5.74, 6) is 0.686. The van der Waals surface area contributed by atoms with Gasteiger partial charge in [0.1, 0.15) is 22.8 Å². The summed E-state index contributed by atoms with van der Waals surface area (Å²) in [6.07, 6.45) is 6.10. The fourth-order valence-corrected chi connectivity index (χ4v) is 8.07. The molecule has 246 valence electrons. The average Bonchev–Trinajstić information content (AvgIpc) is 3.29. The third-order valence-electron chi connectivity index (χ3n) is 9.53. The van der Waals surface area contributed by atoms with Crippen molar-refractivity contribution in [2.75, 3.05) is 17.7 Å². The van der Waals surface area contributed by atoms with Crippen LogP contribution in [0.2, 0.25) is 0 Å². The molecule has 4 aromatic rings. The average molecular weight is 656 g/mol. The Balaban J connectivity index is 1.41. The molecule has 46 heavy (non-hydrogen) atoms. The second-order valence-electron chi connectivity index (χ2n) is 13.4. The standard InChI is InChI=1S/C32H39F2N7O4S/c1-17(2)11-25-29(36-27-13-20(14-28(45-3)40(25)27)31(42)39-21-8-9-23(39)22(35)15-21)24-12-19-7-10-26(41(32(33)34)46(4,43)44)37-30(19)38(24)16-18-5-6-18/h7,10,12-14,17-18,21-23,32H,5-6,8-9,11,15-16,35H2,1-4H3/t21-,22+,23+/m0/s1. The van der Waals surface area contributed by atoms with Gasteiger partial charge in [0.15, 0.2) is 5.88 Å². The predicted octanol–water partition coefficient (Wildman–Crippen LogP) is 4.66. The maximum Gasteiger partial charge on any atom is 0.329 e. The van der Waals surface area contributed by atoms with Gasteiger partial charge in [0.2, 0.25) is 10.0 Å². The molecule has 3 atom stereocenters. The van der Waals surface area contributed by atoms with E-state index < -0.39 is 16.6 Å². The molecule has 4 aromatic heterocycles. The van der Waals surface area contributed by atoms with Crippen LogP contribution in [0.15, 0.2) is 30.3 Å². The molecule has 0 spiro atoms. The van der Waals surface area contributed by atoms with Crippen LogP contribution in [-0.4, -0.2) is 76.2 Å². The van der Waals surface area contributed by atoms with E-state index in [0.29, 0.717) is 52.7 Å². The Bertz CT molecular complexity index is 1950. The first-order valence-corrected chi connectivity index (χ1v) is 17.7. The van der Waals surface area contributed by atoms with Crippen LogP contribution in [0.4, 0.5) is 14.6 Å². The van der Waals surface area contributed by atoms with Crippen LogP contribution < -0.4 is 14.8 Å². The number of sulfonamides is 1. The molecular formula is C32H39F2N7O4S. The molecule has 1 aliphatic carbocycles. The third kappa shape index (κ3) is 5.19. The van der Waals surface area contributed by atoms with Gasteiger partial charge in [-0.3, -0.25) is 9.20 Å². The van der Waals surface area contributed by atoms with E-state index in [-0.39, 0.29) is 40.1 Å². The number of anilines is 1. The predicted molar refractivity (Wildman–Crippen MR) is 171 cm³/mol. The van der Waals surface area contributed by atoms with Gasteiger partial charge in [-0.15, -0.1) is 0 Å². The van der Waals surface area contributed by atoms with Crippen molar-refractivity contribution < 1.29 is 26.7 Å². The Hall–Kier alpha value is -3.78. The normalized spacial score (nSPS) is 21.4. The number of halogens is 2. The number of methoxy groups -OCH3 is 1. The summed E-state index contributed by atoms with van der Waals surface area (Å²) >= 11 is 0. The van der Waals surface area contributed by atoms with Crippen molar-refractivity contribution in [3.63, 3.8) is 0 Å². The minimum absolute atomic E-state index is 0.0169. The van der Waals surface area contributed by atoms with E-state index in [0.717, 1.165) is 49.7 Å². The molecule has 6 heterocycles. The molecule has 2 saturated heterocycles. The van der Waals surface area contributed by atoms with Crippen LogP contribution in [0.1, 0.15) is 62.0 Å². The number of imidazole rings is 1. The highest BCUT2D eigenvalue weighted by Gasteiger charge is 2.47. The molecule has 0 unspecified atom stereocenters. The van der Waals surface area contributed by atoms with Crippen LogP contribution in [0.3, 0.4) is 0 Å². The van der Waals surface area contributed by atoms with E-state index in [2.05, 4.69) is 18.8 Å². The molecule has 3 fully saturated rings. The van der Waals surface area contributed by atoms with Crippen LogP contribution in [0.5, 0.6) is 5.88 Å². The van der Waals surface area contributed by atoms with Gasteiger partial charge in [0.05, 0.1) is 24.8 Å². The summed E-state index contributed by atoms with van der Waals surface area (Å²) < 4.78 is 62.2. The van der Waals surface area contributed by atoms with Gasteiger partial charge in [0.25, 0.3) is 5.91 Å². The number of carbonyl (C=O) groups is 1. The minimum Gasteiger partial charge on any atom is -0.482 e. The SMILES string of the molecule is COc1cc(C(=O)N2[C@H]3CC[C@@H]2[C@H](N)C3)cc2nc(-c3cc4ccc(N(C(F)F)S(C)(=O)=O)nc4n3CC3CC3)c(CC(C)C)n12. The molecule has 0 radical (unpaired) electrons. The lowest BCUT2D eigenvalue weighted by molar-refractivity contribution is 0.0725. The molecule has 11 nitrogen and oxygen atoms in total. The highest BCUT2D eigenvalue weighted by atomic mass is 32.2. The molecule has 2 N–H and O–H groups in total. The molecule has 0 aromatic carbocycles. The van der Waals surface area contributed by atoms with Crippen molar-refractivity contribution in [3.05, 3.63) is 41.6 Å². The lowest BCUT2D eigenvalue weighted by atomic mass is 9.97. The van der Waals surface area contributed by atoms with E-state index >= 15 is 0 Å². The first-order valence-electron chi connectivity index (χ1n) is 15.8. The number of pyridine rings is 2. The Morgan fingerprint density at radius 1 is 1.13 bits per heavy atom. The van der Waals surface area contributed by atoms with Crippen molar-refractivity contribution in [3.8, 4) is 17.3 Å². The first kappa shape index (κ1) is 30.9. The summed E-state index contributed by atoms with van der Waals surface area (Å²) in [7, 11) is -2.71. The molecule has 2 bridgehead atoms. The van der Waals surface area contributed by atoms with Crippen molar-refractivity contribution in [1.82, 2.24) is 23.8 Å². The van der Waals surface area contributed by atoms with E-state index in [4.69, 9.17) is 15.5 Å². The van der Waals surface area contributed by atoms with E-state index in [9.17, 15) is 22.0 Å². The summed E-state index contributed by atoms with van der Waals surface area (Å²) in [5.41, 5.74) is 10.1. The van der Waals surface area contributed by atoms with Crippen molar-refractivity contribution in [2.45, 2.75) is 83.6 Å². The zero-order chi connectivity index (χ0) is 32.7. The van der Waals surface area contributed by atoms with Gasteiger partial charge in [-0.05, 0) is 74.6 Å². The monoisotopic (exact) mass is 655 g/mol. The van der Waals surface area contributed by atoms with Gasteiger partial charge < -0.3 is 19.9 Å². The highest BCUT2D eigenvalue weighted by Crippen LogP contribution is 2.40. The zero-order valence-corrected chi connectivity index (χ0v) is 27.2. The fraction of sp³-hybridized carbons (Fsp3) is 0.531. The quantitative estimate of drug-likeness (QED) is 0.246. The number of carbonyl (C=O) groups excluding carboxylic acids is 1. The van der Waals surface area contributed by atoms with Gasteiger partial charge in [0, 0.05) is 41.7 Å². The van der Waals surface area contributed by atoms with Crippen molar-refractivity contribution in [2.24, 2.45) is 17.6 Å². The van der Waals surface area contributed by atoms with E-state index in [1.54, 1.807) is 25.3 Å². The number of ether oxygens (including phenoxy) is 1. The summed E-state index contributed by atoms with van der Waals surface area (Å²) in [4.78, 5) is 25.4. The van der Waals surface area contributed by atoms with E-state index in [1.165, 1.54) is 6.07 Å². The lowest BCUT2D eigenvalue weighted by Crippen LogP contribution is -2.40. The molecule has 2 aliphatic heterocycles. The summed E-state index contributed by atoms with van der Waals surface area (Å²) in [5, 5.41) is 0.679. The minimum atomic E-state index is -4.28. The number of rotatable bonds is 10. The van der Waals surface area contributed by atoms with Crippen LogP contribution in [-0.2, 0) is 23.0 Å². The number of aromatic nitrogens is 4. The Morgan fingerprint density at radius 2 is 1.89 bits per heavy atom. The topological polar surface area (TPSA) is 128 Å². The van der Waals surface area contributed by atoms with Gasteiger partial charge >= 0.3 is 6.55 Å². The molecule has 14 heteroatoms. The molecular weight excluding hydrogens is 616 g/mol. The number of amides is 1. The number of nitrogens with two attached hydrogens (primary N) is 1. The fourth-order valence-electron chi connectivity index (χ4n) is 7.34. The van der Waals surface area contributed by atoms with Gasteiger partial charge in [-0.1, -0.05) is 13.8 Å². The van der Waals surface area contributed by atoms with Crippen LogP contribution in [0, 0.1) is 11.8 Å². The molecule has 1 amide bonds. The zero-order valence-electron chi connectivity index (χ0n) is 26.4. The molecule has 1 saturated carbocycles. The largest absolute Gasteiger partial charge is 0.482 e. The highest BCUT2D eigenvalue weighted by molar-refractivity contribution is 7.92. The number of hydrogen-bond acceptors (Lipinski definition) is 7. The van der Waals surface area contributed by atoms with Crippen LogP contribution in [0.25, 0.3) is 28.1 Å². The Labute approximate surface area is 266 Å².